The molecule has 2 aromatic rings. The van der Waals surface area contributed by atoms with Crippen LogP contribution in [0.1, 0.15) is 26.7 Å². The first-order valence-corrected chi connectivity index (χ1v) is 6.98. The molecule has 0 amide bonds. The fraction of sp³-hybridized carbons (Fsp3) is 0.467. The highest BCUT2D eigenvalue weighted by atomic mass is 16.5. The molecule has 1 aliphatic rings. The molecule has 1 aromatic carbocycles. The van der Waals surface area contributed by atoms with Gasteiger partial charge in [0.05, 0.1) is 11.3 Å². The number of ether oxygens (including phenoxy) is 1. The molecule has 1 saturated heterocycles. The molecule has 0 spiro atoms. The smallest absolute Gasteiger partial charge is 0.123 e. The first-order valence-electron chi connectivity index (χ1n) is 6.98. The van der Waals surface area contributed by atoms with E-state index in [0.29, 0.717) is 6.04 Å². The molecule has 0 bridgehead atoms. The van der Waals surface area contributed by atoms with Crippen molar-refractivity contribution in [2.75, 3.05) is 11.9 Å². The van der Waals surface area contributed by atoms with Gasteiger partial charge in [-0.05, 0) is 44.9 Å². The van der Waals surface area contributed by atoms with Crippen molar-refractivity contribution in [1.82, 2.24) is 14.8 Å². The topological polar surface area (TPSA) is 52.0 Å². The lowest BCUT2D eigenvalue weighted by molar-refractivity contribution is -0.0553. The van der Waals surface area contributed by atoms with E-state index in [9.17, 15) is 0 Å². The van der Waals surface area contributed by atoms with E-state index in [4.69, 9.17) is 4.74 Å². The normalized spacial score (nSPS) is 21.6. The maximum absolute atomic E-state index is 5.76. The predicted molar refractivity (Wildman–Crippen MR) is 78.0 cm³/mol. The van der Waals surface area contributed by atoms with Crippen LogP contribution in [0.2, 0.25) is 0 Å². The molecule has 2 heterocycles. The van der Waals surface area contributed by atoms with E-state index in [1.807, 2.05) is 16.7 Å². The van der Waals surface area contributed by atoms with Gasteiger partial charge in [-0.1, -0.05) is 6.07 Å². The lowest BCUT2D eigenvalue weighted by Gasteiger charge is -2.36. The molecule has 1 aliphatic heterocycles. The largest absolute Gasteiger partial charge is 0.382 e. The zero-order valence-corrected chi connectivity index (χ0v) is 11.9. The van der Waals surface area contributed by atoms with Gasteiger partial charge in [-0.3, -0.25) is 4.57 Å². The van der Waals surface area contributed by atoms with Gasteiger partial charge in [0.1, 0.15) is 12.7 Å². The molecule has 1 atom stereocenters. The van der Waals surface area contributed by atoms with Crippen LogP contribution in [0.3, 0.4) is 0 Å². The third-order valence-electron chi connectivity index (χ3n) is 3.63. The van der Waals surface area contributed by atoms with Crippen molar-refractivity contribution in [1.29, 1.82) is 0 Å². The summed E-state index contributed by atoms with van der Waals surface area (Å²) in [5.41, 5.74) is 2.15. The molecule has 5 nitrogen and oxygen atoms in total. The predicted octanol–water partition coefficient (Wildman–Crippen LogP) is 2.64. The maximum Gasteiger partial charge on any atom is 0.123 e. The Kier molecular flexibility index (Phi) is 3.44. The summed E-state index contributed by atoms with van der Waals surface area (Å²) in [5.74, 6) is 0. The highest BCUT2D eigenvalue weighted by Gasteiger charge is 2.28. The molecule has 1 unspecified atom stereocenters. The van der Waals surface area contributed by atoms with Crippen molar-refractivity contribution in [2.24, 2.45) is 0 Å². The number of hydrogen-bond donors (Lipinski definition) is 1. The quantitative estimate of drug-likeness (QED) is 0.933. The number of nitrogens with zero attached hydrogens (tertiary/aromatic N) is 3. The number of benzene rings is 1. The summed E-state index contributed by atoms with van der Waals surface area (Å²) in [5, 5.41) is 11.3. The molecule has 106 valence electrons. The Labute approximate surface area is 119 Å². The number of nitrogens with one attached hydrogen (secondary N) is 1. The minimum Gasteiger partial charge on any atom is -0.382 e. The molecular weight excluding hydrogens is 252 g/mol. The summed E-state index contributed by atoms with van der Waals surface area (Å²) in [6, 6.07) is 8.75. The van der Waals surface area contributed by atoms with E-state index in [1.54, 1.807) is 12.7 Å². The third-order valence-corrected chi connectivity index (χ3v) is 3.63. The molecule has 0 radical (unpaired) electrons. The van der Waals surface area contributed by atoms with Crippen LogP contribution in [-0.4, -0.2) is 33.0 Å². The lowest BCUT2D eigenvalue weighted by atomic mass is 9.94. The van der Waals surface area contributed by atoms with E-state index >= 15 is 0 Å². The fourth-order valence-electron chi connectivity index (χ4n) is 2.68. The summed E-state index contributed by atoms with van der Waals surface area (Å²) in [4.78, 5) is 0. The molecule has 0 aliphatic carbocycles. The SMILES string of the molecule is CC1(C)CC(Nc2cccc(-n3cnnc3)c2)CCO1. The van der Waals surface area contributed by atoms with Gasteiger partial charge in [-0.2, -0.15) is 0 Å². The van der Waals surface area contributed by atoms with Crippen LogP contribution < -0.4 is 5.32 Å². The van der Waals surface area contributed by atoms with E-state index in [2.05, 4.69) is 41.5 Å². The first-order chi connectivity index (χ1) is 9.62. The van der Waals surface area contributed by atoms with Crippen LogP contribution >= 0.6 is 0 Å². The average Bonchev–Trinajstić information content (AvgIpc) is 2.91. The van der Waals surface area contributed by atoms with Gasteiger partial charge in [0.15, 0.2) is 0 Å². The Morgan fingerprint density at radius 1 is 1.30 bits per heavy atom. The van der Waals surface area contributed by atoms with Crippen LogP contribution in [0, 0.1) is 0 Å². The summed E-state index contributed by atoms with van der Waals surface area (Å²) in [6.45, 7) is 5.11. The third kappa shape index (κ3) is 2.99. The van der Waals surface area contributed by atoms with Gasteiger partial charge >= 0.3 is 0 Å². The van der Waals surface area contributed by atoms with Gasteiger partial charge < -0.3 is 10.1 Å². The Morgan fingerprint density at radius 2 is 2.10 bits per heavy atom. The second-order valence-corrected chi connectivity index (χ2v) is 5.86. The van der Waals surface area contributed by atoms with Crippen molar-refractivity contribution in [3.8, 4) is 5.69 Å². The molecule has 1 N–H and O–H groups in total. The molecule has 20 heavy (non-hydrogen) atoms. The van der Waals surface area contributed by atoms with Crippen molar-refractivity contribution in [3.05, 3.63) is 36.9 Å². The van der Waals surface area contributed by atoms with Gasteiger partial charge in [-0.25, -0.2) is 0 Å². The Hall–Kier alpha value is -1.88. The second-order valence-electron chi connectivity index (χ2n) is 5.86. The van der Waals surface area contributed by atoms with E-state index in [0.717, 1.165) is 30.8 Å². The molecule has 5 heteroatoms. The summed E-state index contributed by atoms with van der Waals surface area (Å²) < 4.78 is 7.66. The minimum absolute atomic E-state index is 0.0399. The van der Waals surface area contributed by atoms with E-state index in [1.165, 1.54) is 0 Å². The Bertz CT molecular complexity index is 565. The number of aromatic nitrogens is 3. The van der Waals surface area contributed by atoms with E-state index in [-0.39, 0.29) is 5.60 Å². The zero-order chi connectivity index (χ0) is 14.0. The Balaban J connectivity index is 1.73. The fourth-order valence-corrected chi connectivity index (χ4v) is 2.68. The van der Waals surface area contributed by atoms with Crippen LogP contribution in [0.5, 0.6) is 0 Å². The highest BCUT2D eigenvalue weighted by Crippen LogP contribution is 2.26. The van der Waals surface area contributed by atoms with Gasteiger partial charge in [0.2, 0.25) is 0 Å². The van der Waals surface area contributed by atoms with Crippen molar-refractivity contribution >= 4 is 5.69 Å². The monoisotopic (exact) mass is 272 g/mol. The number of anilines is 1. The highest BCUT2D eigenvalue weighted by molar-refractivity contribution is 5.51. The Morgan fingerprint density at radius 3 is 2.85 bits per heavy atom. The van der Waals surface area contributed by atoms with Crippen molar-refractivity contribution in [3.63, 3.8) is 0 Å². The van der Waals surface area contributed by atoms with Crippen molar-refractivity contribution < 1.29 is 4.74 Å². The second kappa shape index (κ2) is 5.25. The van der Waals surface area contributed by atoms with Gasteiger partial charge in [0.25, 0.3) is 0 Å². The molecule has 0 saturated carbocycles. The summed E-state index contributed by atoms with van der Waals surface area (Å²) in [7, 11) is 0. The van der Waals surface area contributed by atoms with Crippen molar-refractivity contribution in [2.45, 2.75) is 38.3 Å². The van der Waals surface area contributed by atoms with Crippen LogP contribution in [-0.2, 0) is 4.74 Å². The standard InChI is InChI=1S/C15H20N4O/c1-15(2)9-13(6-7-20-15)18-12-4-3-5-14(8-12)19-10-16-17-11-19/h3-5,8,10-11,13,18H,6-7,9H2,1-2H3. The number of hydrogen-bond acceptors (Lipinski definition) is 4. The zero-order valence-electron chi connectivity index (χ0n) is 11.9. The molecule has 3 rings (SSSR count). The van der Waals surface area contributed by atoms with Crippen LogP contribution in [0.4, 0.5) is 5.69 Å². The van der Waals surface area contributed by atoms with Crippen LogP contribution in [0.25, 0.3) is 5.69 Å². The number of rotatable bonds is 3. The van der Waals surface area contributed by atoms with Gasteiger partial charge in [0, 0.05) is 18.3 Å². The molecule has 1 aromatic heterocycles. The molecule has 1 fully saturated rings. The lowest BCUT2D eigenvalue weighted by Crippen LogP contribution is -2.40. The van der Waals surface area contributed by atoms with Gasteiger partial charge in [-0.15, -0.1) is 10.2 Å². The molecular formula is C15H20N4O. The van der Waals surface area contributed by atoms with E-state index < -0.39 is 0 Å². The first kappa shape index (κ1) is 13.1. The van der Waals surface area contributed by atoms with Crippen LogP contribution in [0.15, 0.2) is 36.9 Å². The summed E-state index contributed by atoms with van der Waals surface area (Å²) in [6.07, 6.45) is 5.47. The summed E-state index contributed by atoms with van der Waals surface area (Å²) >= 11 is 0. The average molecular weight is 272 g/mol. The maximum atomic E-state index is 5.76. The minimum atomic E-state index is -0.0399.